The van der Waals surface area contributed by atoms with E-state index in [2.05, 4.69) is 37.3 Å². The lowest BCUT2D eigenvalue weighted by Gasteiger charge is -2.17. The summed E-state index contributed by atoms with van der Waals surface area (Å²) in [5.41, 5.74) is 8.08. The van der Waals surface area contributed by atoms with Crippen molar-refractivity contribution in [2.45, 2.75) is 19.4 Å². The van der Waals surface area contributed by atoms with Gasteiger partial charge in [-0.2, -0.15) is 0 Å². The molecular weight excluding hydrogens is 312 g/mol. The van der Waals surface area contributed by atoms with E-state index in [0.29, 0.717) is 6.54 Å². The van der Waals surface area contributed by atoms with E-state index in [1.807, 2.05) is 0 Å². The Balaban J connectivity index is 2.10. The van der Waals surface area contributed by atoms with Gasteiger partial charge < -0.3 is 15.6 Å². The highest BCUT2D eigenvalue weighted by Gasteiger charge is 2.20. The highest BCUT2D eigenvalue weighted by molar-refractivity contribution is 9.10. The molecule has 0 spiro atoms. The van der Waals surface area contributed by atoms with Crippen LogP contribution in [0.4, 0.5) is 5.95 Å². The van der Waals surface area contributed by atoms with Crippen LogP contribution in [0, 0.1) is 0 Å². The van der Waals surface area contributed by atoms with E-state index in [1.165, 1.54) is 10.6 Å². The fourth-order valence-corrected chi connectivity index (χ4v) is 3.76. The van der Waals surface area contributed by atoms with Crippen LogP contribution in [0.15, 0.2) is 15.9 Å². The van der Waals surface area contributed by atoms with Gasteiger partial charge in [0.05, 0.1) is 4.88 Å². The van der Waals surface area contributed by atoms with Crippen LogP contribution in [0.1, 0.15) is 12.1 Å². The summed E-state index contributed by atoms with van der Waals surface area (Å²) < 4.78 is 3.39. The summed E-state index contributed by atoms with van der Waals surface area (Å²) in [6.45, 7) is 2.70. The maximum absolute atomic E-state index is 5.74. The Morgan fingerprint density at radius 2 is 2.44 bits per heavy atom. The highest BCUT2D eigenvalue weighted by Crippen LogP contribution is 2.34. The van der Waals surface area contributed by atoms with Gasteiger partial charge in [-0.1, -0.05) is 0 Å². The molecule has 2 aromatic rings. The lowest BCUT2D eigenvalue weighted by atomic mass is 10.2. The van der Waals surface area contributed by atoms with Crippen molar-refractivity contribution >= 4 is 33.2 Å². The van der Waals surface area contributed by atoms with Gasteiger partial charge in [0, 0.05) is 35.1 Å². The zero-order valence-electron chi connectivity index (χ0n) is 9.95. The van der Waals surface area contributed by atoms with Crippen molar-refractivity contribution in [1.29, 1.82) is 0 Å². The largest absolute Gasteiger partial charge is 0.356 e. The van der Waals surface area contributed by atoms with Crippen LogP contribution < -0.4 is 11.1 Å². The number of aromatic nitrogens is 2. The number of hydrogen-bond donors (Lipinski definition) is 2. The molecule has 2 aromatic heterocycles. The minimum absolute atomic E-state index is 0.657. The number of thiophene rings is 1. The van der Waals surface area contributed by atoms with Gasteiger partial charge in [0.25, 0.3) is 0 Å². The van der Waals surface area contributed by atoms with Crippen molar-refractivity contribution in [2.24, 2.45) is 5.73 Å². The van der Waals surface area contributed by atoms with Gasteiger partial charge in [0.2, 0.25) is 5.95 Å². The first-order valence-electron chi connectivity index (χ1n) is 6.07. The van der Waals surface area contributed by atoms with E-state index < -0.39 is 0 Å². The number of nitrogens with two attached hydrogens (primary N) is 1. The van der Waals surface area contributed by atoms with Crippen LogP contribution in [0.5, 0.6) is 0 Å². The summed E-state index contributed by atoms with van der Waals surface area (Å²) in [6, 6.07) is 2.12. The third-order valence-electron chi connectivity index (χ3n) is 3.10. The average Bonchev–Trinajstić information content (AvgIpc) is 2.95. The number of anilines is 1. The maximum atomic E-state index is 5.74. The Morgan fingerprint density at radius 3 is 3.17 bits per heavy atom. The Labute approximate surface area is 118 Å². The van der Waals surface area contributed by atoms with Crippen molar-refractivity contribution < 1.29 is 0 Å². The molecule has 0 unspecified atom stereocenters. The van der Waals surface area contributed by atoms with E-state index in [0.717, 1.165) is 42.0 Å². The average molecular weight is 327 g/mol. The van der Waals surface area contributed by atoms with Gasteiger partial charge in [-0.3, -0.25) is 0 Å². The first-order valence-corrected chi connectivity index (χ1v) is 7.74. The minimum Gasteiger partial charge on any atom is -0.356 e. The normalized spacial score (nSPS) is 14.3. The quantitative estimate of drug-likeness (QED) is 0.911. The lowest BCUT2D eigenvalue weighted by Crippen LogP contribution is -2.19. The Morgan fingerprint density at radius 1 is 1.56 bits per heavy atom. The Bertz CT molecular complexity index is 560. The molecule has 3 rings (SSSR count). The van der Waals surface area contributed by atoms with E-state index in [-0.39, 0.29) is 0 Å². The molecule has 3 heterocycles. The van der Waals surface area contributed by atoms with Gasteiger partial charge in [-0.15, -0.1) is 11.3 Å². The molecule has 0 fully saturated rings. The zero-order chi connectivity index (χ0) is 12.5. The van der Waals surface area contributed by atoms with Crippen LogP contribution in [0.25, 0.3) is 10.6 Å². The fraction of sp³-hybridized carbons (Fsp3) is 0.417. The smallest absolute Gasteiger partial charge is 0.203 e. The third kappa shape index (κ3) is 2.08. The standard InChI is InChI=1S/C12H15BrN4S/c13-8-6-10(18-7-8)11-9(2-3-14)17-5-1-4-15-12(17)16-11/h6-7H,1-5,14H2,(H,15,16). The molecule has 1 aliphatic heterocycles. The molecule has 3 N–H and O–H groups in total. The molecule has 4 nitrogen and oxygen atoms in total. The SMILES string of the molecule is NCCc1c(-c2cc(Br)cs2)nc2n1CCCN2. The number of hydrogen-bond acceptors (Lipinski definition) is 4. The molecule has 1 aliphatic rings. The molecule has 0 atom stereocenters. The molecule has 0 aliphatic carbocycles. The Kier molecular flexibility index (Phi) is 3.41. The molecule has 0 bridgehead atoms. The number of imidazole rings is 1. The van der Waals surface area contributed by atoms with Crippen LogP contribution in [-0.2, 0) is 13.0 Å². The van der Waals surface area contributed by atoms with Crippen molar-refractivity contribution in [1.82, 2.24) is 9.55 Å². The third-order valence-corrected chi connectivity index (χ3v) is 4.79. The fourth-order valence-electron chi connectivity index (χ4n) is 2.32. The number of nitrogens with one attached hydrogen (secondary N) is 1. The van der Waals surface area contributed by atoms with E-state index in [9.17, 15) is 0 Å². The second-order valence-electron chi connectivity index (χ2n) is 4.33. The van der Waals surface area contributed by atoms with Crippen LogP contribution >= 0.6 is 27.3 Å². The number of nitrogens with zero attached hydrogens (tertiary/aromatic N) is 2. The summed E-state index contributed by atoms with van der Waals surface area (Å²) in [7, 11) is 0. The second-order valence-corrected chi connectivity index (χ2v) is 6.16. The predicted octanol–water partition coefficient (Wildman–Crippen LogP) is 2.69. The van der Waals surface area contributed by atoms with E-state index in [1.54, 1.807) is 11.3 Å². The molecule has 0 amide bonds. The summed E-state index contributed by atoms with van der Waals surface area (Å²) >= 11 is 5.22. The topological polar surface area (TPSA) is 55.9 Å². The number of halogens is 1. The van der Waals surface area contributed by atoms with Gasteiger partial charge in [0.15, 0.2) is 0 Å². The monoisotopic (exact) mass is 326 g/mol. The first-order chi connectivity index (χ1) is 8.79. The summed E-state index contributed by atoms with van der Waals surface area (Å²) in [5.74, 6) is 0.990. The van der Waals surface area contributed by atoms with Gasteiger partial charge in [-0.05, 0) is 35.0 Å². The summed E-state index contributed by atoms with van der Waals surface area (Å²) in [6.07, 6.45) is 2.02. The second kappa shape index (κ2) is 5.03. The highest BCUT2D eigenvalue weighted by atomic mass is 79.9. The van der Waals surface area contributed by atoms with Gasteiger partial charge in [0.1, 0.15) is 5.69 Å². The predicted molar refractivity (Wildman–Crippen MR) is 79.1 cm³/mol. The molecular formula is C12H15BrN4S. The summed E-state index contributed by atoms with van der Waals surface area (Å²) in [5, 5.41) is 5.45. The van der Waals surface area contributed by atoms with Crippen LogP contribution in [-0.4, -0.2) is 22.6 Å². The molecule has 0 radical (unpaired) electrons. The molecule has 0 saturated heterocycles. The van der Waals surface area contributed by atoms with Gasteiger partial charge >= 0.3 is 0 Å². The summed E-state index contributed by atoms with van der Waals surface area (Å²) in [4.78, 5) is 5.94. The van der Waals surface area contributed by atoms with Crippen LogP contribution in [0.3, 0.4) is 0 Å². The minimum atomic E-state index is 0.657. The van der Waals surface area contributed by atoms with Crippen LogP contribution in [0.2, 0.25) is 0 Å². The number of fused-ring (bicyclic) bond motifs is 1. The molecule has 96 valence electrons. The first kappa shape index (κ1) is 12.2. The zero-order valence-corrected chi connectivity index (χ0v) is 12.4. The van der Waals surface area contributed by atoms with E-state index >= 15 is 0 Å². The van der Waals surface area contributed by atoms with Gasteiger partial charge in [-0.25, -0.2) is 4.98 Å². The Hall–Kier alpha value is -0.850. The van der Waals surface area contributed by atoms with Crippen molar-refractivity contribution in [3.63, 3.8) is 0 Å². The van der Waals surface area contributed by atoms with Crippen molar-refractivity contribution in [3.8, 4) is 10.6 Å². The molecule has 0 aromatic carbocycles. The molecule has 6 heteroatoms. The maximum Gasteiger partial charge on any atom is 0.203 e. The lowest BCUT2D eigenvalue weighted by molar-refractivity contribution is 0.603. The van der Waals surface area contributed by atoms with Crippen molar-refractivity contribution in [3.05, 3.63) is 21.6 Å². The van der Waals surface area contributed by atoms with E-state index in [4.69, 9.17) is 10.7 Å². The molecule has 18 heavy (non-hydrogen) atoms. The molecule has 0 saturated carbocycles. The van der Waals surface area contributed by atoms with Crippen molar-refractivity contribution in [2.75, 3.05) is 18.4 Å². The number of rotatable bonds is 3.